The maximum atomic E-state index is 12.1. The maximum absolute atomic E-state index is 12.1. The number of ether oxygens (including phenoxy) is 1. The van der Waals surface area contributed by atoms with Crippen LogP contribution in [0.25, 0.3) is 10.8 Å². The molecule has 1 N–H and O–H groups in total. The zero-order chi connectivity index (χ0) is 23.0. The molecule has 4 aromatic rings. The van der Waals surface area contributed by atoms with Crippen molar-refractivity contribution in [2.24, 2.45) is 5.10 Å². The van der Waals surface area contributed by atoms with Crippen molar-refractivity contribution in [3.63, 3.8) is 0 Å². The molecule has 0 saturated heterocycles. The summed E-state index contributed by atoms with van der Waals surface area (Å²) >= 11 is 7.92. The van der Waals surface area contributed by atoms with E-state index in [1.54, 1.807) is 25.1 Å². The molecular weight excluding hydrogens is 540 g/mol. The highest BCUT2D eigenvalue weighted by molar-refractivity contribution is 9.10. The second kappa shape index (κ2) is 11.6. The molecule has 3 aromatic carbocycles. The lowest BCUT2D eigenvalue weighted by atomic mass is 10.1. The van der Waals surface area contributed by atoms with Gasteiger partial charge in [0.2, 0.25) is 0 Å². The third kappa shape index (κ3) is 6.57. The summed E-state index contributed by atoms with van der Waals surface area (Å²) < 4.78 is 7.66. The highest BCUT2D eigenvalue weighted by atomic mass is 79.9. The van der Waals surface area contributed by atoms with Gasteiger partial charge in [-0.25, -0.2) is 5.43 Å². The Hall–Kier alpha value is -2.40. The largest absolute Gasteiger partial charge is 0.496 e. The monoisotopic (exact) mass is 558 g/mol. The van der Waals surface area contributed by atoms with Crippen LogP contribution >= 0.6 is 50.8 Å². The Kier molecular flexibility index (Phi) is 8.38. The Morgan fingerprint density at radius 3 is 2.73 bits per heavy atom. The van der Waals surface area contributed by atoms with Crippen molar-refractivity contribution in [1.29, 1.82) is 0 Å². The fourth-order valence-corrected chi connectivity index (χ4v) is 6.35. The summed E-state index contributed by atoms with van der Waals surface area (Å²) in [5.41, 5.74) is 4.64. The second-order valence-corrected chi connectivity index (χ2v) is 11.0. The molecule has 1 aromatic heterocycles. The van der Waals surface area contributed by atoms with Crippen molar-refractivity contribution < 1.29 is 9.53 Å². The zero-order valence-corrected chi connectivity index (χ0v) is 21.6. The lowest BCUT2D eigenvalue weighted by Crippen LogP contribution is -2.19. The predicted molar refractivity (Wildman–Crippen MR) is 141 cm³/mol. The molecule has 10 heteroatoms. The van der Waals surface area contributed by atoms with Gasteiger partial charge in [-0.3, -0.25) is 4.79 Å². The Morgan fingerprint density at radius 1 is 1.12 bits per heavy atom. The molecule has 0 aliphatic heterocycles. The van der Waals surface area contributed by atoms with Crippen molar-refractivity contribution in [2.45, 2.75) is 14.4 Å². The van der Waals surface area contributed by atoms with Crippen LogP contribution in [-0.2, 0) is 10.5 Å². The summed E-state index contributed by atoms with van der Waals surface area (Å²) in [6.45, 7) is 0. The number of thioether (sulfide) groups is 2. The third-order valence-corrected chi connectivity index (χ3v) is 8.38. The fourth-order valence-electron chi connectivity index (χ4n) is 2.97. The fraction of sp³-hybridized carbons (Fsp3) is 0.130. The van der Waals surface area contributed by atoms with Gasteiger partial charge in [0.25, 0.3) is 5.91 Å². The van der Waals surface area contributed by atoms with Crippen LogP contribution < -0.4 is 10.2 Å². The summed E-state index contributed by atoms with van der Waals surface area (Å²) in [7, 11) is 1.61. The SMILES string of the molecule is COc1ccc(/C=N\NC(=O)CSc2nnc(SCc3cccc4ccccc34)s2)cc1Br. The molecule has 0 bridgehead atoms. The molecule has 1 heterocycles. The number of carbonyl (C=O) groups is 1. The minimum Gasteiger partial charge on any atom is -0.496 e. The lowest BCUT2D eigenvalue weighted by molar-refractivity contribution is -0.118. The number of rotatable bonds is 9. The number of nitrogens with one attached hydrogen (secondary N) is 1. The van der Waals surface area contributed by atoms with E-state index in [9.17, 15) is 4.79 Å². The third-order valence-electron chi connectivity index (χ3n) is 4.52. The van der Waals surface area contributed by atoms with Crippen molar-refractivity contribution in [3.05, 3.63) is 76.3 Å². The number of hydrogen-bond donors (Lipinski definition) is 1. The van der Waals surface area contributed by atoms with Gasteiger partial charge in [-0.1, -0.05) is 77.3 Å². The molecule has 0 aliphatic rings. The van der Waals surface area contributed by atoms with Gasteiger partial charge in [-0.15, -0.1) is 10.2 Å². The number of hydrazone groups is 1. The summed E-state index contributed by atoms with van der Waals surface area (Å²) in [6.07, 6.45) is 1.58. The van der Waals surface area contributed by atoms with E-state index in [1.807, 2.05) is 24.3 Å². The van der Waals surface area contributed by atoms with Crippen LogP contribution in [0.3, 0.4) is 0 Å². The smallest absolute Gasteiger partial charge is 0.250 e. The number of amides is 1. The van der Waals surface area contributed by atoms with Crippen LogP contribution in [0.1, 0.15) is 11.1 Å². The average Bonchev–Trinajstić information content (AvgIpc) is 3.29. The number of halogens is 1. The van der Waals surface area contributed by atoms with Crippen LogP contribution in [0.5, 0.6) is 5.75 Å². The van der Waals surface area contributed by atoms with Gasteiger partial charge in [0.15, 0.2) is 8.68 Å². The molecule has 33 heavy (non-hydrogen) atoms. The van der Waals surface area contributed by atoms with Gasteiger partial charge in [0, 0.05) is 5.75 Å². The highest BCUT2D eigenvalue weighted by Gasteiger charge is 2.09. The molecule has 168 valence electrons. The molecular formula is C23H19BrN4O2S3. The van der Waals surface area contributed by atoms with E-state index in [2.05, 4.69) is 73.1 Å². The molecule has 0 aliphatic carbocycles. The van der Waals surface area contributed by atoms with Crippen molar-refractivity contribution in [3.8, 4) is 5.75 Å². The molecule has 4 rings (SSSR count). The first-order valence-corrected chi connectivity index (χ1v) is 13.4. The molecule has 0 radical (unpaired) electrons. The van der Waals surface area contributed by atoms with Gasteiger partial charge in [0.1, 0.15) is 5.75 Å². The number of methoxy groups -OCH3 is 1. The molecule has 0 fully saturated rings. The number of carbonyl (C=O) groups excluding carboxylic acids is 1. The van der Waals surface area contributed by atoms with Crippen LogP contribution in [0.2, 0.25) is 0 Å². The molecule has 0 saturated carbocycles. The zero-order valence-electron chi connectivity index (χ0n) is 17.5. The molecule has 1 amide bonds. The van der Waals surface area contributed by atoms with Crippen molar-refractivity contribution >= 4 is 73.7 Å². The van der Waals surface area contributed by atoms with Gasteiger partial charge in [0.05, 0.1) is 23.5 Å². The first kappa shape index (κ1) is 23.7. The van der Waals surface area contributed by atoms with Crippen LogP contribution in [0.4, 0.5) is 0 Å². The second-order valence-electron chi connectivity index (χ2n) is 6.74. The summed E-state index contributed by atoms with van der Waals surface area (Å²) in [5, 5.41) is 14.9. The Labute approximate surface area is 212 Å². The number of benzene rings is 3. The molecule has 0 unspecified atom stereocenters. The molecule has 6 nitrogen and oxygen atoms in total. The first-order chi connectivity index (χ1) is 16.1. The lowest BCUT2D eigenvalue weighted by Gasteiger charge is -2.04. The summed E-state index contributed by atoms with van der Waals surface area (Å²) in [5.74, 6) is 1.56. The Balaban J connectivity index is 1.25. The van der Waals surface area contributed by atoms with E-state index >= 15 is 0 Å². The first-order valence-electron chi connectivity index (χ1n) is 9.83. The van der Waals surface area contributed by atoms with Crippen molar-refractivity contribution in [1.82, 2.24) is 15.6 Å². The van der Waals surface area contributed by atoms with Gasteiger partial charge in [-0.05, 0) is 56.0 Å². The van der Waals surface area contributed by atoms with E-state index in [0.29, 0.717) is 0 Å². The topological polar surface area (TPSA) is 76.5 Å². The van der Waals surface area contributed by atoms with E-state index in [4.69, 9.17) is 4.74 Å². The highest BCUT2D eigenvalue weighted by Crippen LogP contribution is 2.32. The maximum Gasteiger partial charge on any atom is 0.250 e. The minimum atomic E-state index is -0.205. The molecule has 0 spiro atoms. The van der Waals surface area contributed by atoms with Gasteiger partial charge >= 0.3 is 0 Å². The van der Waals surface area contributed by atoms with Crippen molar-refractivity contribution in [2.75, 3.05) is 12.9 Å². The van der Waals surface area contributed by atoms with E-state index in [-0.39, 0.29) is 11.7 Å². The number of fused-ring (bicyclic) bond motifs is 1. The van der Waals surface area contributed by atoms with E-state index < -0.39 is 0 Å². The summed E-state index contributed by atoms with van der Waals surface area (Å²) in [4.78, 5) is 12.1. The van der Waals surface area contributed by atoms with E-state index in [0.717, 1.165) is 30.2 Å². The number of nitrogens with zero attached hydrogens (tertiary/aromatic N) is 3. The quantitative estimate of drug-likeness (QED) is 0.154. The van der Waals surface area contributed by atoms with Gasteiger partial charge < -0.3 is 4.74 Å². The standard InChI is InChI=1S/C23H19BrN4O2S3/c1-30-20-10-9-15(11-19(20)24)12-25-26-21(29)14-32-23-28-27-22(33-23)31-13-17-7-4-6-16-5-2-3-8-18(16)17/h2-12H,13-14H2,1H3,(H,26,29)/b25-12-. The van der Waals surface area contributed by atoms with Crippen LogP contribution in [0, 0.1) is 0 Å². The average molecular weight is 560 g/mol. The van der Waals surface area contributed by atoms with E-state index in [1.165, 1.54) is 39.4 Å². The van der Waals surface area contributed by atoms with Crippen LogP contribution in [0.15, 0.2) is 78.9 Å². The molecule has 0 atom stereocenters. The Bertz CT molecular complexity index is 1290. The predicted octanol–water partition coefficient (Wildman–Crippen LogP) is 6.00. The number of hydrogen-bond acceptors (Lipinski definition) is 8. The normalized spacial score (nSPS) is 11.2. The number of aromatic nitrogens is 2. The van der Waals surface area contributed by atoms with Gasteiger partial charge in [-0.2, -0.15) is 5.10 Å². The summed E-state index contributed by atoms with van der Waals surface area (Å²) in [6, 6.07) is 20.2. The van der Waals surface area contributed by atoms with Crippen LogP contribution in [-0.4, -0.2) is 35.2 Å². The minimum absolute atomic E-state index is 0.205. The Morgan fingerprint density at radius 2 is 1.91 bits per heavy atom.